The Kier molecular flexibility index (Phi) is 14.7. The Hall–Kier alpha value is -3.48. The number of H-pyrrole nitrogens is 1. The summed E-state index contributed by atoms with van der Waals surface area (Å²) in [6, 6.07) is 17.5. The van der Waals surface area contributed by atoms with E-state index in [2.05, 4.69) is 154 Å². The summed E-state index contributed by atoms with van der Waals surface area (Å²) in [6.07, 6.45) is 12.6. The average molecular weight is 636 g/mol. The molecule has 3 unspecified atom stereocenters. The van der Waals surface area contributed by atoms with Gasteiger partial charge in [0.15, 0.2) is 6.71 Å². The number of aromatic nitrogens is 1. The Bertz CT molecular complexity index is 1570. The lowest BCUT2D eigenvalue weighted by molar-refractivity contribution is 0.166. The molecule has 47 heavy (non-hydrogen) atoms. The molecule has 1 saturated heterocycles. The van der Waals surface area contributed by atoms with Crippen LogP contribution in [0.4, 0.5) is 0 Å². The number of rotatable bonds is 7. The van der Waals surface area contributed by atoms with E-state index in [1.54, 1.807) is 0 Å². The molecule has 0 radical (unpaired) electrons. The highest BCUT2D eigenvalue weighted by Crippen LogP contribution is 2.32. The van der Waals surface area contributed by atoms with Gasteiger partial charge in [0.25, 0.3) is 0 Å². The first-order chi connectivity index (χ1) is 22.1. The highest BCUT2D eigenvalue weighted by atomic mass is 15.2. The molecular formula is C41H62BN5. The average Bonchev–Trinajstić information content (AvgIpc) is 3.39. The lowest BCUT2D eigenvalue weighted by Crippen LogP contribution is -2.44. The van der Waals surface area contributed by atoms with Crippen LogP contribution in [0.5, 0.6) is 0 Å². The second-order valence-electron chi connectivity index (χ2n) is 14.0. The Morgan fingerprint density at radius 1 is 1.02 bits per heavy atom. The lowest BCUT2D eigenvalue weighted by Gasteiger charge is -2.31. The molecule has 6 heteroatoms. The number of aromatic amines is 1. The number of likely N-dealkylation sites (N-methyl/N-ethyl adjacent to an activating group) is 2. The van der Waals surface area contributed by atoms with E-state index in [-0.39, 0.29) is 13.5 Å². The van der Waals surface area contributed by atoms with Crippen molar-refractivity contribution in [3.8, 4) is 0 Å². The molecule has 3 aliphatic rings. The summed E-state index contributed by atoms with van der Waals surface area (Å²) in [5, 5.41) is 7.12. The predicted molar refractivity (Wildman–Crippen MR) is 210 cm³/mol. The number of piperazine rings is 1. The molecule has 5 nitrogen and oxygen atoms in total. The molecule has 3 atom stereocenters. The van der Waals surface area contributed by atoms with Gasteiger partial charge in [-0.1, -0.05) is 120 Å². The first-order valence-electron chi connectivity index (χ1n) is 17.3. The zero-order valence-corrected chi connectivity index (χ0v) is 29.7. The van der Waals surface area contributed by atoms with Gasteiger partial charge in [0.2, 0.25) is 0 Å². The van der Waals surface area contributed by atoms with Gasteiger partial charge in [-0.25, -0.2) is 0 Å². The molecule has 0 spiro atoms. The van der Waals surface area contributed by atoms with E-state index in [1.165, 1.54) is 61.1 Å². The van der Waals surface area contributed by atoms with Crippen LogP contribution in [0.15, 0.2) is 85.1 Å². The minimum Gasteiger partial charge on any atom is -0.378 e. The van der Waals surface area contributed by atoms with Crippen LogP contribution in [0.2, 0.25) is 13.6 Å². The highest BCUT2D eigenvalue weighted by molar-refractivity contribution is 6.70. The summed E-state index contributed by atoms with van der Waals surface area (Å²) < 4.78 is 0. The molecule has 0 amide bonds. The van der Waals surface area contributed by atoms with E-state index < -0.39 is 0 Å². The van der Waals surface area contributed by atoms with Crippen molar-refractivity contribution >= 4 is 35.4 Å². The Morgan fingerprint density at radius 3 is 2.19 bits per heavy atom. The summed E-state index contributed by atoms with van der Waals surface area (Å²) >= 11 is 0. The largest absolute Gasteiger partial charge is 0.378 e. The maximum Gasteiger partial charge on any atom is 0.169 e. The van der Waals surface area contributed by atoms with Crippen molar-refractivity contribution in [1.82, 2.24) is 25.0 Å². The van der Waals surface area contributed by atoms with E-state index >= 15 is 0 Å². The van der Waals surface area contributed by atoms with Crippen LogP contribution in [-0.4, -0.2) is 86.3 Å². The number of hydrogen-bond acceptors (Lipinski definition) is 4. The van der Waals surface area contributed by atoms with Crippen molar-refractivity contribution < 1.29 is 0 Å². The van der Waals surface area contributed by atoms with Crippen LogP contribution in [-0.2, 0) is 0 Å². The summed E-state index contributed by atoms with van der Waals surface area (Å²) in [7, 11) is 6.33. The quantitative estimate of drug-likeness (QED) is 0.241. The molecule has 254 valence electrons. The van der Waals surface area contributed by atoms with Gasteiger partial charge in [-0.2, -0.15) is 0 Å². The molecule has 6 rings (SSSR count). The van der Waals surface area contributed by atoms with Gasteiger partial charge in [-0.3, -0.25) is 4.90 Å². The standard InChI is InChI=1S/C26H30BN3.C8H16N2.C6H12.CH4/c1-18-25(23-16-11-20(27(2)3)17-24(23)28-18)26(19-9-7-6-8-10-19)29-21-12-14-22(15-13-21)30(4)5;1-3-4-10-7-5-9(2)6-8-10;1-5-3-4-6(5)2;/h6-12,14-17,21,28-29H,1,13H2,2-5H3;3H,1,4-8H2,2H3;5-6H,3-4H2,1-2H3;1H4/b26-25+;;;. The van der Waals surface area contributed by atoms with Gasteiger partial charge in [0.1, 0.15) is 0 Å². The molecule has 2 aromatic carbocycles. The molecular weight excluding hydrogens is 573 g/mol. The zero-order valence-electron chi connectivity index (χ0n) is 29.7. The molecule has 2 fully saturated rings. The molecule has 2 N–H and O–H groups in total. The molecule has 0 bridgehead atoms. The van der Waals surface area contributed by atoms with E-state index in [9.17, 15) is 0 Å². The van der Waals surface area contributed by atoms with Crippen LogP contribution >= 0.6 is 0 Å². The number of hydrogen-bond donors (Lipinski definition) is 2. The summed E-state index contributed by atoms with van der Waals surface area (Å²) in [4.78, 5) is 10.5. The number of benzene rings is 2. The number of nitrogens with zero attached hydrogens (tertiary/aromatic N) is 3. The van der Waals surface area contributed by atoms with Crippen LogP contribution < -0.4 is 21.3 Å². The van der Waals surface area contributed by atoms with E-state index in [1.807, 2.05) is 6.08 Å². The van der Waals surface area contributed by atoms with E-state index in [0.717, 1.165) is 46.6 Å². The smallest absolute Gasteiger partial charge is 0.169 e. The predicted octanol–water partition coefficient (Wildman–Crippen LogP) is 6.17. The minimum absolute atomic E-state index is 0. The van der Waals surface area contributed by atoms with Crippen molar-refractivity contribution in [2.45, 2.75) is 60.2 Å². The fraction of sp³-hybridized carbons (Fsp3) is 0.463. The number of fused-ring (bicyclic) bond motifs is 1. The summed E-state index contributed by atoms with van der Waals surface area (Å²) in [5.41, 5.74) is 6.03. The molecule has 1 aromatic heterocycles. The topological polar surface area (TPSA) is 37.5 Å². The maximum absolute atomic E-state index is 4.35. The lowest BCUT2D eigenvalue weighted by atomic mass is 9.49. The first-order valence-corrected chi connectivity index (χ1v) is 17.3. The van der Waals surface area contributed by atoms with Crippen molar-refractivity contribution in [1.29, 1.82) is 0 Å². The Morgan fingerprint density at radius 2 is 1.68 bits per heavy atom. The fourth-order valence-corrected chi connectivity index (χ4v) is 6.10. The first kappa shape index (κ1) is 38.0. The third kappa shape index (κ3) is 10.5. The molecule has 3 aromatic rings. The monoisotopic (exact) mass is 636 g/mol. The Labute approximate surface area is 286 Å². The minimum atomic E-state index is 0. The van der Waals surface area contributed by atoms with E-state index in [0.29, 0.717) is 6.71 Å². The summed E-state index contributed by atoms with van der Waals surface area (Å²) in [6.45, 7) is 23.5. The van der Waals surface area contributed by atoms with Crippen LogP contribution in [0, 0.1) is 11.8 Å². The van der Waals surface area contributed by atoms with Gasteiger partial charge in [-0.15, -0.1) is 6.58 Å². The highest BCUT2D eigenvalue weighted by Gasteiger charge is 2.21. The molecule has 1 aliphatic heterocycles. The zero-order chi connectivity index (χ0) is 33.2. The van der Waals surface area contributed by atoms with E-state index in [4.69, 9.17) is 0 Å². The van der Waals surface area contributed by atoms with Crippen LogP contribution in [0.25, 0.3) is 23.2 Å². The van der Waals surface area contributed by atoms with Gasteiger partial charge < -0.3 is 20.1 Å². The van der Waals surface area contributed by atoms with Crippen molar-refractivity contribution in [3.05, 3.63) is 101 Å². The second kappa shape index (κ2) is 18.2. The Balaban J connectivity index is 0.000000289. The van der Waals surface area contributed by atoms with Crippen molar-refractivity contribution in [3.63, 3.8) is 0 Å². The number of nitrogens with one attached hydrogen (secondary N) is 2. The van der Waals surface area contributed by atoms with Gasteiger partial charge in [-0.05, 0) is 43.0 Å². The van der Waals surface area contributed by atoms with Gasteiger partial charge >= 0.3 is 0 Å². The molecule has 2 heterocycles. The number of allylic oxidation sites excluding steroid dienone is 1. The second-order valence-corrected chi connectivity index (χ2v) is 14.0. The molecule has 2 aliphatic carbocycles. The van der Waals surface area contributed by atoms with Gasteiger partial charge in [0, 0.05) is 80.0 Å². The summed E-state index contributed by atoms with van der Waals surface area (Å²) in [5.74, 6) is 2.06. The van der Waals surface area contributed by atoms with Crippen molar-refractivity contribution in [2.24, 2.45) is 11.8 Å². The third-order valence-electron chi connectivity index (χ3n) is 9.84. The van der Waals surface area contributed by atoms with Gasteiger partial charge in [0.05, 0.1) is 5.70 Å². The third-order valence-corrected chi connectivity index (χ3v) is 9.84. The van der Waals surface area contributed by atoms with Crippen LogP contribution in [0.1, 0.15) is 46.1 Å². The maximum atomic E-state index is 4.35. The fourth-order valence-electron chi connectivity index (χ4n) is 6.10. The molecule has 1 saturated carbocycles. The normalized spacial score (nSPS) is 21.4. The SMILES string of the molecule is C.C=CCN1CCN(C)CC1.C=c1[nH]c2cc(B(C)C)ccc2/c1=C(/NC1C=CC(N(C)C)=CC1)c1ccccc1.CC1CCC1C. The van der Waals surface area contributed by atoms with Crippen molar-refractivity contribution in [2.75, 3.05) is 53.9 Å². The van der Waals surface area contributed by atoms with Crippen LogP contribution in [0.3, 0.4) is 0 Å².